The predicted molar refractivity (Wildman–Crippen MR) is 106 cm³/mol. The highest BCUT2D eigenvalue weighted by Crippen LogP contribution is 2.25. The monoisotopic (exact) mass is 361 g/mol. The summed E-state index contributed by atoms with van der Waals surface area (Å²) >= 11 is 0. The molecule has 1 fully saturated rings. The molecular weight excluding hydrogens is 338 g/mol. The third-order valence-corrected chi connectivity index (χ3v) is 5.36. The Hall–Kier alpha value is -2.88. The molecule has 1 aromatic heterocycles. The zero-order chi connectivity index (χ0) is 18.6. The number of carbonyl (C=O) groups excluding carboxylic acids is 1. The lowest BCUT2D eigenvalue weighted by Crippen LogP contribution is -2.40. The molecule has 0 saturated heterocycles. The first-order valence-corrected chi connectivity index (χ1v) is 9.60. The third kappa shape index (κ3) is 3.80. The summed E-state index contributed by atoms with van der Waals surface area (Å²) in [6, 6.07) is 18.8. The summed E-state index contributed by atoms with van der Waals surface area (Å²) in [5.41, 5.74) is 1.49. The van der Waals surface area contributed by atoms with Crippen LogP contribution in [0.2, 0.25) is 0 Å². The van der Waals surface area contributed by atoms with Gasteiger partial charge in [-0.3, -0.25) is 9.59 Å². The number of carbonyl (C=O) groups is 1. The predicted octanol–water partition coefficient (Wildman–Crippen LogP) is 4.42. The second kappa shape index (κ2) is 7.78. The van der Waals surface area contributed by atoms with Gasteiger partial charge in [0.2, 0.25) is 0 Å². The van der Waals surface area contributed by atoms with Crippen molar-refractivity contribution >= 4 is 16.9 Å². The van der Waals surface area contributed by atoms with Crippen LogP contribution in [0.1, 0.15) is 41.8 Å². The highest BCUT2D eigenvalue weighted by Gasteiger charge is 2.29. The van der Waals surface area contributed by atoms with Crippen LogP contribution in [0.4, 0.5) is 0 Å². The van der Waals surface area contributed by atoms with Crippen molar-refractivity contribution in [1.29, 1.82) is 0 Å². The fourth-order valence-corrected chi connectivity index (χ4v) is 3.91. The molecule has 1 aliphatic carbocycles. The van der Waals surface area contributed by atoms with Gasteiger partial charge >= 0.3 is 0 Å². The minimum Gasteiger partial charge on any atom is -0.451 e. The van der Waals surface area contributed by atoms with Gasteiger partial charge in [0.1, 0.15) is 5.58 Å². The number of hydrogen-bond donors (Lipinski definition) is 0. The van der Waals surface area contributed by atoms with Gasteiger partial charge in [-0.15, -0.1) is 0 Å². The molecule has 27 heavy (non-hydrogen) atoms. The topological polar surface area (TPSA) is 50.5 Å². The van der Waals surface area contributed by atoms with E-state index < -0.39 is 0 Å². The molecule has 1 saturated carbocycles. The molecule has 4 rings (SSSR count). The molecule has 0 aliphatic heterocycles. The van der Waals surface area contributed by atoms with Crippen LogP contribution in [0, 0.1) is 0 Å². The molecule has 1 heterocycles. The standard InChI is InChI=1S/C23H23NO3/c25-20-16-22(27-21-13-7-6-12-19(20)21)23(26)24(18-10-4-5-11-18)15-14-17-8-2-1-3-9-17/h1-3,6-9,12-13,16,18H,4-5,10-11,14-15H2. The molecule has 2 aromatic carbocycles. The second-order valence-corrected chi connectivity index (χ2v) is 7.14. The van der Waals surface area contributed by atoms with Crippen LogP contribution in [0.5, 0.6) is 0 Å². The molecule has 0 radical (unpaired) electrons. The van der Waals surface area contributed by atoms with Crippen LogP contribution in [-0.4, -0.2) is 23.4 Å². The average molecular weight is 361 g/mol. The summed E-state index contributed by atoms with van der Waals surface area (Å²) in [7, 11) is 0. The number of nitrogens with zero attached hydrogens (tertiary/aromatic N) is 1. The lowest BCUT2D eigenvalue weighted by atomic mass is 10.1. The Bertz CT molecular complexity index is 987. The van der Waals surface area contributed by atoms with Gasteiger partial charge in [-0.25, -0.2) is 0 Å². The van der Waals surface area contributed by atoms with Crippen LogP contribution < -0.4 is 5.43 Å². The van der Waals surface area contributed by atoms with Crippen molar-refractivity contribution in [2.45, 2.75) is 38.1 Å². The van der Waals surface area contributed by atoms with E-state index in [4.69, 9.17) is 4.42 Å². The highest BCUT2D eigenvalue weighted by molar-refractivity contribution is 5.93. The molecule has 1 aliphatic rings. The van der Waals surface area contributed by atoms with Gasteiger partial charge in [-0.2, -0.15) is 0 Å². The van der Waals surface area contributed by atoms with Gasteiger partial charge in [0.15, 0.2) is 11.2 Å². The molecule has 4 nitrogen and oxygen atoms in total. The molecular formula is C23H23NO3. The van der Waals surface area contributed by atoms with Gasteiger partial charge in [0.25, 0.3) is 5.91 Å². The van der Waals surface area contributed by atoms with Gasteiger partial charge in [-0.1, -0.05) is 55.3 Å². The first-order valence-electron chi connectivity index (χ1n) is 9.60. The van der Waals surface area contributed by atoms with Crippen molar-refractivity contribution in [2.75, 3.05) is 6.54 Å². The highest BCUT2D eigenvalue weighted by atomic mass is 16.3. The van der Waals surface area contributed by atoms with Crippen LogP contribution in [0.3, 0.4) is 0 Å². The number of benzene rings is 2. The van der Waals surface area contributed by atoms with Gasteiger partial charge in [0.05, 0.1) is 5.39 Å². The van der Waals surface area contributed by atoms with Crippen LogP contribution in [0.15, 0.2) is 69.9 Å². The van der Waals surface area contributed by atoms with E-state index in [1.165, 1.54) is 11.6 Å². The van der Waals surface area contributed by atoms with E-state index in [1.54, 1.807) is 18.2 Å². The number of amides is 1. The van der Waals surface area contributed by atoms with Crippen molar-refractivity contribution in [1.82, 2.24) is 4.90 Å². The number of hydrogen-bond acceptors (Lipinski definition) is 3. The Morgan fingerprint density at radius 2 is 1.70 bits per heavy atom. The molecule has 3 aromatic rings. The summed E-state index contributed by atoms with van der Waals surface area (Å²) in [6.45, 7) is 0.629. The van der Waals surface area contributed by atoms with E-state index in [0.717, 1.165) is 32.1 Å². The van der Waals surface area contributed by atoms with E-state index in [9.17, 15) is 9.59 Å². The second-order valence-electron chi connectivity index (χ2n) is 7.14. The third-order valence-electron chi connectivity index (χ3n) is 5.36. The molecule has 0 bridgehead atoms. The largest absolute Gasteiger partial charge is 0.451 e. The van der Waals surface area contributed by atoms with Crippen LogP contribution >= 0.6 is 0 Å². The Balaban J connectivity index is 1.62. The Morgan fingerprint density at radius 1 is 1.00 bits per heavy atom. The fourth-order valence-electron chi connectivity index (χ4n) is 3.91. The zero-order valence-corrected chi connectivity index (χ0v) is 15.3. The maximum Gasteiger partial charge on any atom is 0.289 e. The Labute approximate surface area is 158 Å². The summed E-state index contributed by atoms with van der Waals surface area (Å²) in [6.07, 6.45) is 5.10. The van der Waals surface area contributed by atoms with Crippen molar-refractivity contribution in [3.8, 4) is 0 Å². The van der Waals surface area contributed by atoms with E-state index in [-0.39, 0.29) is 23.1 Å². The Morgan fingerprint density at radius 3 is 2.48 bits per heavy atom. The van der Waals surface area contributed by atoms with Crippen molar-refractivity contribution < 1.29 is 9.21 Å². The first-order chi connectivity index (χ1) is 13.2. The lowest BCUT2D eigenvalue weighted by molar-refractivity contribution is 0.0652. The molecule has 138 valence electrons. The minimum absolute atomic E-state index is 0.138. The zero-order valence-electron chi connectivity index (χ0n) is 15.3. The van der Waals surface area contributed by atoms with Crippen molar-refractivity contribution in [2.24, 2.45) is 0 Å². The molecule has 4 heteroatoms. The summed E-state index contributed by atoms with van der Waals surface area (Å²) in [5.74, 6) is -0.0423. The SMILES string of the molecule is O=C(c1cc(=O)c2ccccc2o1)N(CCc1ccccc1)C1CCCC1. The van der Waals surface area contributed by atoms with E-state index in [2.05, 4.69) is 12.1 Å². The summed E-state index contributed by atoms with van der Waals surface area (Å²) in [5, 5.41) is 0.505. The van der Waals surface area contributed by atoms with E-state index in [0.29, 0.717) is 17.5 Å². The quantitative estimate of drug-likeness (QED) is 0.676. The molecule has 0 unspecified atom stereocenters. The summed E-state index contributed by atoms with van der Waals surface area (Å²) in [4.78, 5) is 27.5. The smallest absolute Gasteiger partial charge is 0.289 e. The minimum atomic E-state index is -0.180. The summed E-state index contributed by atoms with van der Waals surface area (Å²) < 4.78 is 5.81. The van der Waals surface area contributed by atoms with Gasteiger partial charge in [0, 0.05) is 18.7 Å². The molecule has 1 amide bonds. The van der Waals surface area contributed by atoms with E-state index >= 15 is 0 Å². The molecule has 0 spiro atoms. The molecule has 0 atom stereocenters. The number of rotatable bonds is 5. The average Bonchev–Trinajstić information content (AvgIpc) is 3.23. The molecule has 0 N–H and O–H groups in total. The fraction of sp³-hybridized carbons (Fsp3) is 0.304. The van der Waals surface area contributed by atoms with Crippen molar-refractivity contribution in [3.05, 3.63) is 82.2 Å². The van der Waals surface area contributed by atoms with Crippen LogP contribution in [-0.2, 0) is 6.42 Å². The first kappa shape index (κ1) is 17.5. The Kier molecular flexibility index (Phi) is 5.05. The normalized spacial score (nSPS) is 14.5. The maximum absolute atomic E-state index is 13.2. The number of para-hydroxylation sites is 1. The van der Waals surface area contributed by atoms with Crippen molar-refractivity contribution in [3.63, 3.8) is 0 Å². The van der Waals surface area contributed by atoms with Gasteiger partial charge < -0.3 is 9.32 Å². The van der Waals surface area contributed by atoms with E-state index in [1.807, 2.05) is 29.2 Å². The lowest BCUT2D eigenvalue weighted by Gasteiger charge is -2.28. The number of fused-ring (bicyclic) bond motifs is 1. The van der Waals surface area contributed by atoms with Gasteiger partial charge in [-0.05, 0) is 37.0 Å². The maximum atomic E-state index is 13.2. The van der Waals surface area contributed by atoms with Crippen LogP contribution in [0.25, 0.3) is 11.0 Å².